The Kier molecular flexibility index (Phi) is 5.79. The van der Waals surface area contributed by atoms with Crippen molar-refractivity contribution in [3.05, 3.63) is 71.6 Å². The summed E-state index contributed by atoms with van der Waals surface area (Å²) >= 11 is 0. The molecule has 0 aliphatic carbocycles. The number of carbonyl (C=O) groups excluding carboxylic acids is 3. The molecule has 0 heterocycles. The molecule has 5 nitrogen and oxygen atoms in total. The van der Waals surface area contributed by atoms with E-state index in [-0.39, 0.29) is 17.0 Å². The third-order valence-electron chi connectivity index (χ3n) is 3.39. The Labute approximate surface area is 144 Å². The number of hydrogen-bond donors (Lipinski definition) is 2. The average Bonchev–Trinajstić information content (AvgIpc) is 2.57. The number of nitrogens with one attached hydrogen (secondary N) is 2. The van der Waals surface area contributed by atoms with E-state index in [9.17, 15) is 18.8 Å². The van der Waals surface area contributed by atoms with Gasteiger partial charge >= 0.3 is 0 Å². The van der Waals surface area contributed by atoms with Gasteiger partial charge in [0.25, 0.3) is 5.91 Å². The minimum Gasteiger partial charge on any atom is -0.322 e. The number of halogens is 1. The van der Waals surface area contributed by atoms with E-state index in [0.717, 1.165) is 6.08 Å². The largest absolute Gasteiger partial charge is 0.322 e. The Morgan fingerprint density at radius 2 is 1.56 bits per heavy atom. The van der Waals surface area contributed by atoms with Gasteiger partial charge in [0.1, 0.15) is 5.82 Å². The lowest BCUT2D eigenvalue weighted by Gasteiger charge is -2.07. The van der Waals surface area contributed by atoms with Crippen LogP contribution in [0.3, 0.4) is 0 Å². The van der Waals surface area contributed by atoms with Crippen LogP contribution in [-0.4, -0.2) is 17.6 Å². The molecular weight excluding hydrogens is 323 g/mol. The minimum absolute atomic E-state index is 0.0387. The molecule has 25 heavy (non-hydrogen) atoms. The van der Waals surface area contributed by atoms with E-state index in [4.69, 9.17) is 0 Å². The minimum atomic E-state index is -0.607. The zero-order valence-electron chi connectivity index (χ0n) is 13.8. The number of amides is 2. The molecule has 0 saturated heterocycles. The summed E-state index contributed by atoms with van der Waals surface area (Å²) in [5.41, 5.74) is 1.23. The second-order valence-corrected chi connectivity index (χ2v) is 5.38. The first-order valence-electron chi connectivity index (χ1n) is 7.53. The van der Waals surface area contributed by atoms with Gasteiger partial charge in [0, 0.05) is 22.9 Å². The molecule has 0 bridgehead atoms. The average molecular weight is 340 g/mol. The molecule has 0 unspecified atom stereocenters. The van der Waals surface area contributed by atoms with Gasteiger partial charge in [0.15, 0.2) is 5.78 Å². The third-order valence-corrected chi connectivity index (χ3v) is 3.39. The van der Waals surface area contributed by atoms with E-state index in [1.807, 2.05) is 0 Å². The lowest BCUT2D eigenvalue weighted by molar-refractivity contribution is -0.114. The van der Waals surface area contributed by atoms with E-state index in [1.54, 1.807) is 30.3 Å². The lowest BCUT2D eigenvalue weighted by Crippen LogP contribution is -2.16. The standard InChI is InChI=1S/C19H17FN2O3/c1-12(11-18(24)22-17-6-4-3-5-16(17)20)19(25)21-15-9-7-14(8-10-15)13(2)23/h3-11H,1-2H3,(H,21,25)(H,22,24)/b12-11-. The fourth-order valence-corrected chi connectivity index (χ4v) is 2.01. The maximum absolute atomic E-state index is 13.5. The van der Waals surface area contributed by atoms with Crippen molar-refractivity contribution in [1.29, 1.82) is 0 Å². The van der Waals surface area contributed by atoms with Crippen LogP contribution in [0.2, 0.25) is 0 Å². The number of carbonyl (C=O) groups is 3. The number of anilines is 2. The van der Waals surface area contributed by atoms with Crippen LogP contribution in [0.15, 0.2) is 60.2 Å². The van der Waals surface area contributed by atoms with Crippen molar-refractivity contribution in [3.8, 4) is 0 Å². The topological polar surface area (TPSA) is 75.3 Å². The molecule has 6 heteroatoms. The Hall–Kier alpha value is -3.28. The molecule has 0 radical (unpaired) electrons. The van der Waals surface area contributed by atoms with Gasteiger partial charge in [-0.15, -0.1) is 0 Å². The number of ketones is 1. The first-order chi connectivity index (χ1) is 11.9. The Morgan fingerprint density at radius 3 is 2.16 bits per heavy atom. The van der Waals surface area contributed by atoms with Crippen molar-refractivity contribution in [3.63, 3.8) is 0 Å². The van der Waals surface area contributed by atoms with Crippen molar-refractivity contribution in [2.75, 3.05) is 10.6 Å². The Morgan fingerprint density at radius 1 is 0.920 bits per heavy atom. The summed E-state index contributed by atoms with van der Waals surface area (Å²) < 4.78 is 13.5. The fourth-order valence-electron chi connectivity index (χ4n) is 2.01. The van der Waals surface area contributed by atoms with Crippen LogP contribution in [0, 0.1) is 5.82 Å². The molecule has 0 saturated carbocycles. The highest BCUT2D eigenvalue weighted by Crippen LogP contribution is 2.13. The normalized spacial score (nSPS) is 10.9. The van der Waals surface area contributed by atoms with Crippen LogP contribution in [0.4, 0.5) is 15.8 Å². The van der Waals surface area contributed by atoms with E-state index < -0.39 is 17.6 Å². The van der Waals surface area contributed by atoms with Crippen LogP contribution in [0.25, 0.3) is 0 Å². The molecule has 0 atom stereocenters. The molecule has 0 spiro atoms. The highest BCUT2D eigenvalue weighted by Gasteiger charge is 2.09. The highest BCUT2D eigenvalue weighted by atomic mass is 19.1. The van der Waals surface area contributed by atoms with Crippen molar-refractivity contribution < 1.29 is 18.8 Å². The van der Waals surface area contributed by atoms with Gasteiger partial charge in [0.2, 0.25) is 5.91 Å². The van der Waals surface area contributed by atoms with E-state index >= 15 is 0 Å². The first-order valence-corrected chi connectivity index (χ1v) is 7.53. The van der Waals surface area contributed by atoms with Gasteiger partial charge in [-0.25, -0.2) is 4.39 Å². The van der Waals surface area contributed by atoms with Crippen LogP contribution < -0.4 is 10.6 Å². The van der Waals surface area contributed by atoms with Crippen LogP contribution in [-0.2, 0) is 9.59 Å². The maximum atomic E-state index is 13.5. The lowest BCUT2D eigenvalue weighted by atomic mass is 10.1. The third kappa shape index (κ3) is 5.10. The SMILES string of the molecule is CC(=O)c1ccc(NC(=O)/C(C)=C\C(=O)Nc2ccccc2F)cc1. The van der Waals surface area contributed by atoms with Gasteiger partial charge in [0.05, 0.1) is 5.69 Å². The Balaban J connectivity index is 2.00. The molecule has 2 aromatic carbocycles. The zero-order chi connectivity index (χ0) is 18.4. The second-order valence-electron chi connectivity index (χ2n) is 5.38. The van der Waals surface area contributed by atoms with Gasteiger partial charge in [-0.2, -0.15) is 0 Å². The summed E-state index contributed by atoms with van der Waals surface area (Å²) in [5.74, 6) is -1.71. The van der Waals surface area contributed by atoms with Crippen molar-refractivity contribution >= 4 is 29.0 Å². The summed E-state index contributed by atoms with van der Waals surface area (Å²) in [6.07, 6.45) is 1.09. The predicted molar refractivity (Wildman–Crippen MR) is 93.9 cm³/mol. The number of hydrogen-bond acceptors (Lipinski definition) is 3. The molecular formula is C19H17FN2O3. The summed E-state index contributed by atoms with van der Waals surface area (Å²) in [4.78, 5) is 35.2. The summed E-state index contributed by atoms with van der Waals surface area (Å²) in [6, 6.07) is 12.1. The maximum Gasteiger partial charge on any atom is 0.251 e. The van der Waals surface area contributed by atoms with E-state index in [1.165, 1.54) is 32.0 Å². The summed E-state index contributed by atoms with van der Waals surface area (Å²) in [5, 5.41) is 4.99. The van der Waals surface area contributed by atoms with Crippen molar-refractivity contribution in [2.24, 2.45) is 0 Å². The number of para-hydroxylation sites is 1. The monoisotopic (exact) mass is 340 g/mol. The van der Waals surface area contributed by atoms with Crippen LogP contribution in [0.1, 0.15) is 24.2 Å². The van der Waals surface area contributed by atoms with Crippen LogP contribution in [0.5, 0.6) is 0 Å². The van der Waals surface area contributed by atoms with Gasteiger partial charge in [-0.3, -0.25) is 14.4 Å². The van der Waals surface area contributed by atoms with Crippen LogP contribution >= 0.6 is 0 Å². The fraction of sp³-hybridized carbons (Fsp3) is 0.105. The smallest absolute Gasteiger partial charge is 0.251 e. The predicted octanol–water partition coefficient (Wildman–Crippen LogP) is 3.55. The molecule has 2 rings (SSSR count). The summed E-state index contributed by atoms with van der Waals surface area (Å²) in [6.45, 7) is 2.93. The number of Topliss-reactive ketones (excluding diaryl/α,β-unsaturated/α-hetero) is 1. The second kappa shape index (κ2) is 8.01. The van der Waals surface area contributed by atoms with Gasteiger partial charge < -0.3 is 10.6 Å². The van der Waals surface area contributed by atoms with E-state index in [2.05, 4.69) is 10.6 Å². The molecule has 2 N–H and O–H groups in total. The zero-order valence-corrected chi connectivity index (χ0v) is 13.8. The molecule has 128 valence electrons. The highest BCUT2D eigenvalue weighted by molar-refractivity contribution is 6.10. The van der Waals surface area contributed by atoms with E-state index in [0.29, 0.717) is 11.3 Å². The van der Waals surface area contributed by atoms with Gasteiger partial charge in [-0.05, 0) is 50.2 Å². The molecule has 0 aliphatic rings. The Bertz CT molecular complexity index is 842. The first kappa shape index (κ1) is 18.1. The summed E-state index contributed by atoms with van der Waals surface area (Å²) in [7, 11) is 0. The van der Waals surface area contributed by atoms with Crippen molar-refractivity contribution in [1.82, 2.24) is 0 Å². The molecule has 0 aromatic heterocycles. The number of rotatable bonds is 5. The number of benzene rings is 2. The molecule has 2 aromatic rings. The molecule has 0 fully saturated rings. The molecule has 0 aliphatic heterocycles. The molecule has 2 amide bonds. The quantitative estimate of drug-likeness (QED) is 0.645. The van der Waals surface area contributed by atoms with Gasteiger partial charge in [-0.1, -0.05) is 12.1 Å². The van der Waals surface area contributed by atoms with Crippen molar-refractivity contribution in [2.45, 2.75) is 13.8 Å².